The molecular formula is C12H15BrFN. The average molecular weight is 272 g/mol. The quantitative estimate of drug-likeness (QED) is 0.822. The van der Waals surface area contributed by atoms with Crippen molar-refractivity contribution in [2.75, 3.05) is 0 Å². The summed E-state index contributed by atoms with van der Waals surface area (Å²) in [7, 11) is 0. The maximum absolute atomic E-state index is 13.5. The summed E-state index contributed by atoms with van der Waals surface area (Å²) in [4.78, 5) is 0. The molecule has 0 fully saturated rings. The first-order valence-electron chi connectivity index (χ1n) is 4.88. The highest BCUT2D eigenvalue weighted by Gasteiger charge is 2.12. The number of benzene rings is 1. The van der Waals surface area contributed by atoms with E-state index in [-0.39, 0.29) is 17.9 Å². The molecule has 0 bridgehead atoms. The van der Waals surface area contributed by atoms with Crippen LogP contribution in [0.5, 0.6) is 0 Å². The SMILES string of the molecule is C=CC(C)NC(C)c1cc(Br)ccc1F. The van der Waals surface area contributed by atoms with Crippen LogP contribution in [0, 0.1) is 5.82 Å². The van der Waals surface area contributed by atoms with Gasteiger partial charge in [0.25, 0.3) is 0 Å². The molecule has 0 amide bonds. The summed E-state index contributed by atoms with van der Waals surface area (Å²) >= 11 is 3.33. The van der Waals surface area contributed by atoms with Crippen LogP contribution in [0.15, 0.2) is 35.3 Å². The molecule has 1 nitrogen and oxygen atoms in total. The smallest absolute Gasteiger partial charge is 0.128 e. The van der Waals surface area contributed by atoms with Crippen LogP contribution in [0.2, 0.25) is 0 Å². The van der Waals surface area contributed by atoms with Gasteiger partial charge >= 0.3 is 0 Å². The lowest BCUT2D eigenvalue weighted by Gasteiger charge is -2.18. The second-order valence-electron chi connectivity index (χ2n) is 3.58. The molecular weight excluding hydrogens is 257 g/mol. The van der Waals surface area contributed by atoms with Crippen LogP contribution < -0.4 is 5.32 Å². The minimum Gasteiger partial charge on any atom is -0.304 e. The zero-order chi connectivity index (χ0) is 11.4. The predicted molar refractivity (Wildman–Crippen MR) is 65.3 cm³/mol. The van der Waals surface area contributed by atoms with Gasteiger partial charge in [-0.25, -0.2) is 4.39 Å². The van der Waals surface area contributed by atoms with E-state index < -0.39 is 0 Å². The molecule has 1 aromatic rings. The fourth-order valence-corrected chi connectivity index (χ4v) is 1.78. The molecule has 82 valence electrons. The highest BCUT2D eigenvalue weighted by Crippen LogP contribution is 2.21. The van der Waals surface area contributed by atoms with Gasteiger partial charge in [-0.2, -0.15) is 0 Å². The molecule has 0 aliphatic heterocycles. The zero-order valence-corrected chi connectivity index (χ0v) is 10.5. The maximum Gasteiger partial charge on any atom is 0.128 e. The van der Waals surface area contributed by atoms with Crippen LogP contribution >= 0.6 is 15.9 Å². The van der Waals surface area contributed by atoms with Gasteiger partial charge < -0.3 is 5.32 Å². The lowest BCUT2D eigenvalue weighted by molar-refractivity contribution is 0.505. The van der Waals surface area contributed by atoms with Gasteiger partial charge in [-0.3, -0.25) is 0 Å². The summed E-state index contributed by atoms with van der Waals surface area (Å²) in [5, 5.41) is 3.23. The number of hydrogen-bond acceptors (Lipinski definition) is 1. The predicted octanol–water partition coefficient (Wildman–Crippen LogP) is 3.81. The Labute approximate surface area is 98.5 Å². The number of halogens is 2. The number of rotatable bonds is 4. The van der Waals surface area contributed by atoms with E-state index in [9.17, 15) is 4.39 Å². The first kappa shape index (κ1) is 12.4. The molecule has 1 aromatic carbocycles. The normalized spacial score (nSPS) is 14.7. The zero-order valence-electron chi connectivity index (χ0n) is 8.93. The van der Waals surface area contributed by atoms with Crippen molar-refractivity contribution < 1.29 is 4.39 Å². The van der Waals surface area contributed by atoms with Crippen molar-refractivity contribution in [2.45, 2.75) is 25.9 Å². The monoisotopic (exact) mass is 271 g/mol. The summed E-state index contributed by atoms with van der Waals surface area (Å²) in [6.45, 7) is 7.60. The van der Waals surface area contributed by atoms with Gasteiger partial charge in [-0.15, -0.1) is 6.58 Å². The van der Waals surface area contributed by atoms with Crippen LogP contribution in [0.4, 0.5) is 4.39 Å². The first-order chi connectivity index (χ1) is 7.04. The molecule has 3 heteroatoms. The summed E-state index contributed by atoms with van der Waals surface area (Å²) in [6, 6.07) is 5.09. The Hall–Kier alpha value is -0.670. The first-order valence-corrected chi connectivity index (χ1v) is 5.67. The van der Waals surface area contributed by atoms with Gasteiger partial charge in [0.15, 0.2) is 0 Å². The molecule has 0 aromatic heterocycles. The molecule has 0 spiro atoms. The summed E-state index contributed by atoms with van der Waals surface area (Å²) < 4.78 is 14.4. The fourth-order valence-electron chi connectivity index (χ4n) is 1.40. The van der Waals surface area contributed by atoms with Crippen molar-refractivity contribution in [3.05, 3.63) is 46.7 Å². The Morgan fingerprint density at radius 1 is 1.47 bits per heavy atom. The van der Waals surface area contributed by atoms with Gasteiger partial charge in [0, 0.05) is 22.1 Å². The van der Waals surface area contributed by atoms with E-state index in [1.165, 1.54) is 6.07 Å². The summed E-state index contributed by atoms with van der Waals surface area (Å²) in [5.74, 6) is -0.186. The number of hydrogen-bond donors (Lipinski definition) is 1. The van der Waals surface area contributed by atoms with Gasteiger partial charge in [-0.05, 0) is 32.0 Å². The van der Waals surface area contributed by atoms with Crippen molar-refractivity contribution in [1.82, 2.24) is 5.32 Å². The minimum absolute atomic E-state index is 0.0319. The largest absolute Gasteiger partial charge is 0.304 e. The van der Waals surface area contributed by atoms with Crippen LogP contribution in [-0.4, -0.2) is 6.04 Å². The van der Waals surface area contributed by atoms with E-state index in [1.807, 2.05) is 13.8 Å². The van der Waals surface area contributed by atoms with Gasteiger partial charge in [-0.1, -0.05) is 22.0 Å². The van der Waals surface area contributed by atoms with Crippen LogP contribution in [0.3, 0.4) is 0 Å². The van der Waals surface area contributed by atoms with E-state index in [4.69, 9.17) is 0 Å². The Kier molecular flexibility index (Phi) is 4.48. The molecule has 0 saturated heterocycles. The fraction of sp³-hybridized carbons (Fsp3) is 0.333. The lowest BCUT2D eigenvalue weighted by Crippen LogP contribution is -2.27. The van der Waals surface area contributed by atoms with Crippen LogP contribution in [-0.2, 0) is 0 Å². The molecule has 0 aliphatic rings. The average Bonchev–Trinajstić information content (AvgIpc) is 2.21. The van der Waals surface area contributed by atoms with Crippen LogP contribution in [0.25, 0.3) is 0 Å². The summed E-state index contributed by atoms with van der Waals surface area (Å²) in [5.41, 5.74) is 0.665. The molecule has 0 heterocycles. The molecule has 1 rings (SSSR count). The molecule has 2 atom stereocenters. The van der Waals surface area contributed by atoms with Crippen molar-refractivity contribution in [3.63, 3.8) is 0 Å². The standard InChI is InChI=1S/C12H15BrFN/c1-4-8(2)15-9(3)11-7-10(13)5-6-12(11)14/h4-9,15H,1H2,2-3H3. The second kappa shape index (κ2) is 5.42. The highest BCUT2D eigenvalue weighted by atomic mass is 79.9. The van der Waals surface area contributed by atoms with Gasteiger partial charge in [0.1, 0.15) is 5.82 Å². The molecule has 2 unspecified atom stereocenters. The molecule has 0 saturated carbocycles. The topological polar surface area (TPSA) is 12.0 Å². The highest BCUT2D eigenvalue weighted by molar-refractivity contribution is 9.10. The lowest BCUT2D eigenvalue weighted by atomic mass is 10.1. The minimum atomic E-state index is -0.186. The third-order valence-corrected chi connectivity index (χ3v) is 2.78. The Morgan fingerprint density at radius 3 is 2.73 bits per heavy atom. The van der Waals surface area contributed by atoms with Crippen molar-refractivity contribution >= 4 is 15.9 Å². The second-order valence-corrected chi connectivity index (χ2v) is 4.49. The van der Waals surface area contributed by atoms with E-state index in [0.29, 0.717) is 5.56 Å². The third kappa shape index (κ3) is 3.43. The number of nitrogens with one attached hydrogen (secondary N) is 1. The van der Waals surface area contributed by atoms with Crippen molar-refractivity contribution in [2.24, 2.45) is 0 Å². The van der Waals surface area contributed by atoms with Gasteiger partial charge in [0.2, 0.25) is 0 Å². The van der Waals surface area contributed by atoms with Crippen molar-refractivity contribution in [1.29, 1.82) is 0 Å². The summed E-state index contributed by atoms with van der Waals surface area (Å²) in [6.07, 6.45) is 1.80. The molecule has 1 N–H and O–H groups in total. The van der Waals surface area contributed by atoms with E-state index in [2.05, 4.69) is 27.8 Å². The maximum atomic E-state index is 13.5. The Morgan fingerprint density at radius 2 is 2.13 bits per heavy atom. The molecule has 0 aliphatic carbocycles. The van der Waals surface area contributed by atoms with Gasteiger partial charge in [0.05, 0.1) is 0 Å². The van der Waals surface area contributed by atoms with E-state index >= 15 is 0 Å². The van der Waals surface area contributed by atoms with Crippen molar-refractivity contribution in [3.8, 4) is 0 Å². The van der Waals surface area contributed by atoms with E-state index in [1.54, 1.807) is 18.2 Å². The molecule has 15 heavy (non-hydrogen) atoms. The van der Waals surface area contributed by atoms with E-state index in [0.717, 1.165) is 4.47 Å². The Bertz CT molecular complexity index is 351. The Balaban J connectivity index is 2.85. The van der Waals surface area contributed by atoms with Crippen LogP contribution in [0.1, 0.15) is 25.5 Å². The third-order valence-electron chi connectivity index (χ3n) is 2.29. The molecule has 0 radical (unpaired) electrons.